The van der Waals surface area contributed by atoms with Gasteiger partial charge in [-0.1, -0.05) is 26.0 Å². The second kappa shape index (κ2) is 6.64. The lowest BCUT2D eigenvalue weighted by atomic mass is 9.93. The Kier molecular flexibility index (Phi) is 4.73. The van der Waals surface area contributed by atoms with Crippen molar-refractivity contribution in [2.45, 2.75) is 38.0 Å². The van der Waals surface area contributed by atoms with E-state index in [2.05, 4.69) is 17.2 Å². The molecule has 7 heteroatoms. The van der Waals surface area contributed by atoms with E-state index in [1.807, 2.05) is 0 Å². The first-order valence-corrected chi connectivity index (χ1v) is 10.5. The normalized spacial score (nSPS) is 17.3. The van der Waals surface area contributed by atoms with Gasteiger partial charge in [0, 0.05) is 4.88 Å². The van der Waals surface area contributed by atoms with Gasteiger partial charge in [0.15, 0.2) is 15.0 Å². The van der Waals surface area contributed by atoms with Gasteiger partial charge in [0.1, 0.15) is 0 Å². The van der Waals surface area contributed by atoms with Gasteiger partial charge in [0.05, 0.1) is 21.9 Å². The smallest absolute Gasteiger partial charge is 0.258 e. The fraction of sp³-hybridized carbons (Fsp3) is 0.412. The van der Waals surface area contributed by atoms with Crippen LogP contribution in [0.3, 0.4) is 0 Å². The van der Waals surface area contributed by atoms with Gasteiger partial charge in [-0.25, -0.2) is 13.4 Å². The molecule has 3 rings (SSSR count). The minimum absolute atomic E-state index is 0.0409. The fourth-order valence-corrected chi connectivity index (χ4v) is 5.10. The molecule has 0 bridgehead atoms. The molecule has 1 aromatic carbocycles. The first-order chi connectivity index (χ1) is 11.4. The van der Waals surface area contributed by atoms with E-state index in [9.17, 15) is 13.2 Å². The van der Waals surface area contributed by atoms with Crippen LogP contribution in [0.4, 0.5) is 5.13 Å². The van der Waals surface area contributed by atoms with Crippen molar-refractivity contribution in [2.75, 3.05) is 11.1 Å². The third-order valence-corrected chi connectivity index (χ3v) is 7.07. The predicted octanol–water partition coefficient (Wildman–Crippen LogP) is 3.31. The lowest BCUT2D eigenvalue weighted by Crippen LogP contribution is -2.17. The Balaban J connectivity index is 1.87. The molecule has 128 valence electrons. The van der Waals surface area contributed by atoms with E-state index < -0.39 is 15.7 Å². The topological polar surface area (TPSA) is 76.1 Å². The van der Waals surface area contributed by atoms with E-state index in [-0.39, 0.29) is 16.2 Å². The number of benzene rings is 1. The van der Waals surface area contributed by atoms with Crippen LogP contribution < -0.4 is 5.32 Å². The van der Waals surface area contributed by atoms with Crippen molar-refractivity contribution in [1.29, 1.82) is 0 Å². The number of carbonyl (C=O) groups excluding carboxylic acids is 1. The molecule has 1 aromatic heterocycles. The Labute approximate surface area is 146 Å². The van der Waals surface area contributed by atoms with Crippen molar-refractivity contribution >= 4 is 32.2 Å². The van der Waals surface area contributed by atoms with Crippen LogP contribution in [-0.2, 0) is 22.7 Å². The van der Waals surface area contributed by atoms with Crippen LogP contribution in [0.5, 0.6) is 0 Å². The monoisotopic (exact) mass is 364 g/mol. The summed E-state index contributed by atoms with van der Waals surface area (Å²) in [6, 6.07) is 6.30. The second-order valence-corrected chi connectivity index (χ2v) is 9.42. The number of thiazole rings is 1. The Morgan fingerprint density at radius 1 is 1.38 bits per heavy atom. The van der Waals surface area contributed by atoms with E-state index in [1.54, 1.807) is 19.1 Å². The summed E-state index contributed by atoms with van der Waals surface area (Å²) in [5, 5.41) is 3.32. The van der Waals surface area contributed by atoms with Gasteiger partial charge >= 0.3 is 0 Å². The molecule has 1 aliphatic carbocycles. The Morgan fingerprint density at radius 2 is 2.12 bits per heavy atom. The molecule has 5 nitrogen and oxygen atoms in total. The van der Waals surface area contributed by atoms with Crippen molar-refractivity contribution in [3.8, 4) is 0 Å². The molecule has 0 saturated heterocycles. The van der Waals surface area contributed by atoms with Gasteiger partial charge in [-0.05, 0) is 37.3 Å². The predicted molar refractivity (Wildman–Crippen MR) is 95.4 cm³/mol. The molecule has 0 spiro atoms. The molecule has 0 saturated carbocycles. The lowest BCUT2D eigenvalue weighted by molar-refractivity contribution is 0.102. The number of hydrogen-bond acceptors (Lipinski definition) is 5. The van der Waals surface area contributed by atoms with Crippen LogP contribution in [0.1, 0.15) is 41.2 Å². The standard InChI is InChI=1S/C17H20N2O3S2/c1-3-24(21,22)15-7-5-4-6-12(15)16(20)19-17-18-13-9-8-11(2)10-14(13)23-17/h4-7,11H,3,8-10H2,1-2H3,(H,18,19,20)/t11-/m1/s1. The summed E-state index contributed by atoms with van der Waals surface area (Å²) in [7, 11) is -3.45. The quantitative estimate of drug-likeness (QED) is 0.903. The molecule has 1 N–H and O–H groups in total. The van der Waals surface area contributed by atoms with Gasteiger partial charge < -0.3 is 0 Å². The minimum Gasteiger partial charge on any atom is -0.298 e. The Morgan fingerprint density at radius 3 is 2.88 bits per heavy atom. The van der Waals surface area contributed by atoms with Gasteiger partial charge in [0.25, 0.3) is 5.91 Å². The highest BCUT2D eigenvalue weighted by Gasteiger charge is 2.23. The van der Waals surface area contributed by atoms with E-state index in [0.29, 0.717) is 11.0 Å². The number of amides is 1. The summed E-state index contributed by atoms with van der Waals surface area (Å²) in [5.41, 5.74) is 1.23. The molecule has 0 aliphatic heterocycles. The molecule has 24 heavy (non-hydrogen) atoms. The van der Waals surface area contributed by atoms with Crippen LogP contribution in [-0.4, -0.2) is 25.1 Å². The molecule has 1 atom stereocenters. The average Bonchev–Trinajstić information content (AvgIpc) is 2.96. The minimum atomic E-state index is -3.45. The van der Waals surface area contributed by atoms with Crippen LogP contribution in [0.15, 0.2) is 29.2 Å². The average molecular weight is 364 g/mol. The van der Waals surface area contributed by atoms with E-state index in [1.165, 1.54) is 28.3 Å². The maximum atomic E-state index is 12.6. The number of rotatable bonds is 4. The first-order valence-electron chi connectivity index (χ1n) is 8.02. The van der Waals surface area contributed by atoms with Gasteiger partial charge in [-0.2, -0.15) is 0 Å². The van der Waals surface area contributed by atoms with Crippen LogP contribution in [0, 0.1) is 5.92 Å². The number of fused-ring (bicyclic) bond motifs is 1. The second-order valence-electron chi connectivity index (χ2n) is 6.09. The summed E-state index contributed by atoms with van der Waals surface area (Å²) in [6.45, 7) is 3.78. The van der Waals surface area contributed by atoms with Crippen molar-refractivity contribution < 1.29 is 13.2 Å². The SMILES string of the molecule is CCS(=O)(=O)c1ccccc1C(=O)Nc1nc2c(s1)C[C@H](C)CC2. The molecule has 1 heterocycles. The number of nitrogens with zero attached hydrogens (tertiary/aromatic N) is 1. The summed E-state index contributed by atoms with van der Waals surface area (Å²) >= 11 is 1.49. The van der Waals surface area contributed by atoms with E-state index in [0.717, 1.165) is 25.0 Å². The van der Waals surface area contributed by atoms with Crippen molar-refractivity contribution in [1.82, 2.24) is 4.98 Å². The number of sulfone groups is 1. The number of nitrogens with one attached hydrogen (secondary N) is 1. The van der Waals surface area contributed by atoms with Gasteiger partial charge in [-0.3, -0.25) is 10.1 Å². The maximum Gasteiger partial charge on any atom is 0.258 e. The molecular weight excluding hydrogens is 344 g/mol. The van der Waals surface area contributed by atoms with E-state index in [4.69, 9.17) is 0 Å². The van der Waals surface area contributed by atoms with Crippen molar-refractivity contribution in [2.24, 2.45) is 5.92 Å². The number of hydrogen-bond donors (Lipinski definition) is 1. The maximum absolute atomic E-state index is 12.6. The number of anilines is 1. The Hall–Kier alpha value is -1.73. The summed E-state index contributed by atoms with van der Waals surface area (Å²) in [4.78, 5) is 18.4. The highest BCUT2D eigenvalue weighted by Crippen LogP contribution is 2.32. The third-order valence-electron chi connectivity index (χ3n) is 4.25. The number of aromatic nitrogens is 1. The van der Waals surface area contributed by atoms with Crippen LogP contribution in [0.2, 0.25) is 0 Å². The largest absolute Gasteiger partial charge is 0.298 e. The Bertz CT molecular complexity index is 872. The zero-order valence-corrected chi connectivity index (χ0v) is 15.3. The number of carbonyl (C=O) groups is 1. The van der Waals surface area contributed by atoms with Gasteiger partial charge in [-0.15, -0.1) is 11.3 Å². The molecule has 2 aromatic rings. The third kappa shape index (κ3) is 3.37. The molecular formula is C17H20N2O3S2. The zero-order valence-electron chi connectivity index (χ0n) is 13.7. The molecule has 1 amide bonds. The van der Waals surface area contributed by atoms with E-state index >= 15 is 0 Å². The lowest BCUT2D eigenvalue weighted by Gasteiger charge is -2.15. The molecule has 1 aliphatic rings. The van der Waals surface area contributed by atoms with Crippen molar-refractivity contribution in [3.05, 3.63) is 40.4 Å². The molecule has 0 radical (unpaired) electrons. The highest BCUT2D eigenvalue weighted by atomic mass is 32.2. The fourth-order valence-electron chi connectivity index (χ4n) is 2.84. The molecule has 0 fully saturated rings. The number of aryl methyl sites for hydroxylation is 1. The van der Waals surface area contributed by atoms with Crippen molar-refractivity contribution in [3.63, 3.8) is 0 Å². The highest BCUT2D eigenvalue weighted by molar-refractivity contribution is 7.91. The van der Waals surface area contributed by atoms with Crippen LogP contribution >= 0.6 is 11.3 Å². The zero-order chi connectivity index (χ0) is 17.3. The molecule has 0 unspecified atom stereocenters. The van der Waals surface area contributed by atoms with Gasteiger partial charge in [0.2, 0.25) is 0 Å². The van der Waals surface area contributed by atoms with Crippen LogP contribution in [0.25, 0.3) is 0 Å². The summed E-state index contributed by atoms with van der Waals surface area (Å²) in [6.07, 6.45) is 3.04. The first kappa shape index (κ1) is 17.1. The summed E-state index contributed by atoms with van der Waals surface area (Å²) < 4.78 is 24.4. The summed E-state index contributed by atoms with van der Waals surface area (Å²) in [5.74, 6) is 0.166.